The number of imidazole rings is 1. The third kappa shape index (κ3) is 1.55. The lowest BCUT2D eigenvalue weighted by atomic mass is 9.83. The molecular weight excluding hydrogens is 323 g/mol. The van der Waals surface area contributed by atoms with Gasteiger partial charge in [-0.3, -0.25) is 4.40 Å². The number of alkyl halides is 1. The number of hydrogen-bond donors (Lipinski definition) is 0. The first-order chi connectivity index (χ1) is 12.7. The lowest BCUT2D eigenvalue weighted by Crippen LogP contribution is -2.23. The summed E-state index contributed by atoms with van der Waals surface area (Å²) >= 11 is 0. The van der Waals surface area contributed by atoms with Gasteiger partial charge in [0.1, 0.15) is 11.3 Å². The van der Waals surface area contributed by atoms with Gasteiger partial charge in [-0.2, -0.15) is 0 Å². The van der Waals surface area contributed by atoms with E-state index in [-0.39, 0.29) is 0 Å². The summed E-state index contributed by atoms with van der Waals surface area (Å²) in [5.41, 5.74) is 4.34. The molecule has 0 amide bonds. The highest BCUT2D eigenvalue weighted by Gasteiger charge is 2.36. The van der Waals surface area contributed by atoms with Gasteiger partial charge in [-0.15, -0.1) is 0 Å². The Bertz CT molecular complexity index is 1370. The highest BCUT2D eigenvalue weighted by atomic mass is 19.1. The zero-order valence-corrected chi connectivity index (χ0v) is 14.5. The predicted molar refractivity (Wildman–Crippen MR) is 104 cm³/mol. The number of fused-ring (bicyclic) bond motifs is 4. The maximum atomic E-state index is 16.2. The number of hydrogen-bond acceptors (Lipinski definition) is 1. The van der Waals surface area contributed by atoms with Crippen molar-refractivity contribution in [2.24, 2.45) is 0 Å². The molecular formula is C23H17FN2. The minimum atomic E-state index is -1.39. The largest absolute Gasteiger partial charge is 0.292 e. The summed E-state index contributed by atoms with van der Waals surface area (Å²) < 4.78 is 18.5. The molecule has 0 saturated heterocycles. The molecule has 0 aliphatic carbocycles. The molecule has 3 heteroatoms. The molecule has 5 aromatic rings. The summed E-state index contributed by atoms with van der Waals surface area (Å²) in [6.45, 7) is 1.94. The Morgan fingerprint density at radius 3 is 2.62 bits per heavy atom. The van der Waals surface area contributed by atoms with E-state index < -0.39 is 5.67 Å². The van der Waals surface area contributed by atoms with Gasteiger partial charge in [-0.25, -0.2) is 9.37 Å². The molecule has 2 aromatic heterocycles. The van der Waals surface area contributed by atoms with Crippen LogP contribution in [0.2, 0.25) is 0 Å². The van der Waals surface area contributed by atoms with E-state index in [4.69, 9.17) is 4.98 Å². The van der Waals surface area contributed by atoms with Crippen LogP contribution in [0.4, 0.5) is 4.39 Å². The molecule has 1 unspecified atom stereocenters. The van der Waals surface area contributed by atoms with E-state index in [2.05, 4.69) is 34.7 Å². The number of pyridine rings is 1. The molecule has 0 spiro atoms. The van der Waals surface area contributed by atoms with Crippen LogP contribution in [0.15, 0.2) is 60.7 Å². The standard InChI is InChI=1S/C23H17FN2/c1-2-23(24)13-14-7-5-12-19-21(14)25-22-20-16(9-6-10-17(20)23)15-8-3-4-11-18(15)26(19)22/h3-12H,2,13H2,1H3. The molecule has 6 rings (SSSR count). The van der Waals surface area contributed by atoms with Crippen molar-refractivity contribution in [2.75, 3.05) is 0 Å². The fraction of sp³-hybridized carbons (Fsp3) is 0.174. The summed E-state index contributed by atoms with van der Waals surface area (Å²) in [6.07, 6.45) is 0.812. The predicted octanol–water partition coefficient (Wildman–Crippen LogP) is 5.92. The average molecular weight is 340 g/mol. The Hall–Kier alpha value is -2.94. The van der Waals surface area contributed by atoms with Gasteiger partial charge in [-0.1, -0.05) is 55.5 Å². The van der Waals surface area contributed by atoms with Crippen molar-refractivity contribution < 1.29 is 4.39 Å². The molecule has 0 fully saturated rings. The molecule has 1 atom stereocenters. The second-order valence-electron chi connectivity index (χ2n) is 7.30. The van der Waals surface area contributed by atoms with Crippen molar-refractivity contribution in [1.82, 2.24) is 9.38 Å². The fourth-order valence-electron chi connectivity index (χ4n) is 4.71. The highest BCUT2D eigenvalue weighted by molar-refractivity contribution is 6.15. The Labute approximate surface area is 149 Å². The van der Waals surface area contributed by atoms with E-state index in [0.717, 1.165) is 49.5 Å². The van der Waals surface area contributed by atoms with Gasteiger partial charge in [-0.05, 0) is 29.5 Å². The van der Waals surface area contributed by atoms with Crippen LogP contribution in [0.3, 0.4) is 0 Å². The number of para-hydroxylation sites is 2. The van der Waals surface area contributed by atoms with Crippen LogP contribution in [0.5, 0.6) is 0 Å². The van der Waals surface area contributed by atoms with Crippen LogP contribution in [0, 0.1) is 0 Å². The van der Waals surface area contributed by atoms with Crippen molar-refractivity contribution in [1.29, 1.82) is 0 Å². The van der Waals surface area contributed by atoms with Crippen molar-refractivity contribution in [3.8, 4) is 0 Å². The molecule has 2 nitrogen and oxygen atoms in total. The summed E-state index contributed by atoms with van der Waals surface area (Å²) in [4.78, 5) is 5.00. The number of nitrogens with zero attached hydrogens (tertiary/aromatic N) is 2. The van der Waals surface area contributed by atoms with E-state index in [1.54, 1.807) is 0 Å². The summed E-state index contributed by atoms with van der Waals surface area (Å²) in [5, 5.41) is 3.18. The van der Waals surface area contributed by atoms with Gasteiger partial charge >= 0.3 is 0 Å². The number of rotatable bonds is 1. The van der Waals surface area contributed by atoms with Crippen LogP contribution in [0.1, 0.15) is 24.5 Å². The van der Waals surface area contributed by atoms with Crippen molar-refractivity contribution >= 4 is 38.4 Å². The van der Waals surface area contributed by atoms with Gasteiger partial charge < -0.3 is 0 Å². The van der Waals surface area contributed by atoms with E-state index in [9.17, 15) is 0 Å². The Morgan fingerprint density at radius 2 is 1.73 bits per heavy atom. The van der Waals surface area contributed by atoms with Crippen molar-refractivity contribution in [3.63, 3.8) is 0 Å². The molecule has 2 bridgehead atoms. The third-order valence-electron chi connectivity index (χ3n) is 6.01. The molecule has 0 saturated carbocycles. The average Bonchev–Trinajstić information content (AvgIpc) is 3.08. The normalized spacial score (nSPS) is 19.3. The van der Waals surface area contributed by atoms with E-state index in [0.29, 0.717) is 12.8 Å². The molecule has 1 aliphatic rings. The van der Waals surface area contributed by atoms with Crippen molar-refractivity contribution in [2.45, 2.75) is 25.4 Å². The molecule has 3 aromatic carbocycles. The number of halogens is 1. The monoisotopic (exact) mass is 340 g/mol. The highest BCUT2D eigenvalue weighted by Crippen LogP contribution is 2.44. The van der Waals surface area contributed by atoms with Gasteiger partial charge in [0, 0.05) is 22.8 Å². The molecule has 1 aliphatic heterocycles. The first kappa shape index (κ1) is 14.3. The third-order valence-corrected chi connectivity index (χ3v) is 6.01. The maximum absolute atomic E-state index is 16.2. The summed E-state index contributed by atoms with van der Waals surface area (Å²) in [5.74, 6) is 0. The first-order valence-corrected chi connectivity index (χ1v) is 9.14. The van der Waals surface area contributed by atoms with Crippen LogP contribution in [-0.2, 0) is 12.1 Å². The second kappa shape index (κ2) is 4.61. The lowest BCUT2D eigenvalue weighted by molar-refractivity contribution is 0.160. The van der Waals surface area contributed by atoms with E-state index >= 15 is 4.39 Å². The van der Waals surface area contributed by atoms with Crippen LogP contribution in [-0.4, -0.2) is 9.38 Å². The van der Waals surface area contributed by atoms with Gasteiger partial charge in [0.15, 0.2) is 0 Å². The van der Waals surface area contributed by atoms with Crippen molar-refractivity contribution in [3.05, 3.63) is 71.8 Å². The molecule has 3 heterocycles. The minimum absolute atomic E-state index is 0.365. The molecule has 26 heavy (non-hydrogen) atoms. The molecule has 0 radical (unpaired) electrons. The van der Waals surface area contributed by atoms with Crippen LogP contribution < -0.4 is 0 Å². The van der Waals surface area contributed by atoms with Gasteiger partial charge in [0.25, 0.3) is 0 Å². The van der Waals surface area contributed by atoms with Crippen LogP contribution in [0.25, 0.3) is 38.4 Å². The Balaban J connectivity index is 2.06. The maximum Gasteiger partial charge on any atom is 0.146 e. The Kier molecular flexibility index (Phi) is 2.53. The molecule has 0 N–H and O–H groups in total. The number of benzene rings is 3. The van der Waals surface area contributed by atoms with E-state index in [1.807, 2.05) is 37.3 Å². The summed E-state index contributed by atoms with van der Waals surface area (Å²) in [6, 6.07) is 20.5. The fourth-order valence-corrected chi connectivity index (χ4v) is 4.71. The Morgan fingerprint density at radius 1 is 0.962 bits per heavy atom. The van der Waals surface area contributed by atoms with Crippen LogP contribution >= 0.6 is 0 Å². The smallest absolute Gasteiger partial charge is 0.146 e. The zero-order chi connectivity index (χ0) is 17.5. The first-order valence-electron chi connectivity index (χ1n) is 9.14. The quantitative estimate of drug-likeness (QED) is 0.346. The second-order valence-corrected chi connectivity index (χ2v) is 7.30. The SMILES string of the molecule is CCC1(F)Cc2cccc3c2nc2c4c1cccc4c1ccccc1n32. The lowest BCUT2D eigenvalue weighted by Gasteiger charge is -2.27. The van der Waals surface area contributed by atoms with Gasteiger partial charge in [0.2, 0.25) is 0 Å². The molecule has 126 valence electrons. The number of aromatic nitrogens is 2. The zero-order valence-electron chi connectivity index (χ0n) is 14.5. The topological polar surface area (TPSA) is 17.3 Å². The summed E-state index contributed by atoms with van der Waals surface area (Å²) in [7, 11) is 0. The van der Waals surface area contributed by atoms with Gasteiger partial charge in [0.05, 0.1) is 16.6 Å². The minimum Gasteiger partial charge on any atom is -0.292 e. The van der Waals surface area contributed by atoms with E-state index in [1.165, 1.54) is 0 Å².